The average Bonchev–Trinajstić information content (AvgIpc) is 1.82. The molecule has 13 heavy (non-hydrogen) atoms. The van der Waals surface area contributed by atoms with Gasteiger partial charge < -0.3 is 10.2 Å². The molecule has 2 atom stereocenters. The fourth-order valence-corrected chi connectivity index (χ4v) is 1.85. The second-order valence-corrected chi connectivity index (χ2v) is 11.4. The molecule has 2 unspecified atom stereocenters. The fraction of sp³-hybridized carbons (Fsp3) is 1.00. The SMILES string of the molecule is CC(C)(C)C(O)CC(O)[Si](C)(C)C. The highest BCUT2D eigenvalue weighted by Crippen LogP contribution is 2.25. The Morgan fingerprint density at radius 1 is 1.08 bits per heavy atom. The van der Waals surface area contributed by atoms with Crippen LogP contribution in [-0.2, 0) is 0 Å². The van der Waals surface area contributed by atoms with E-state index in [-0.39, 0.29) is 11.1 Å². The lowest BCUT2D eigenvalue weighted by Crippen LogP contribution is -2.43. The first-order valence-electron chi connectivity index (χ1n) is 4.91. The summed E-state index contributed by atoms with van der Waals surface area (Å²) in [6.45, 7) is 12.3. The van der Waals surface area contributed by atoms with E-state index in [1.54, 1.807) is 0 Å². The molecule has 2 N–H and O–H groups in total. The van der Waals surface area contributed by atoms with E-state index in [0.717, 1.165) is 0 Å². The molecule has 0 aliphatic heterocycles. The largest absolute Gasteiger partial charge is 0.396 e. The number of hydrogen-bond donors (Lipinski definition) is 2. The summed E-state index contributed by atoms with van der Waals surface area (Å²) in [4.78, 5) is 0. The van der Waals surface area contributed by atoms with E-state index in [1.165, 1.54) is 0 Å². The molecule has 0 rings (SSSR count). The standard InChI is InChI=1S/C10H24O2Si/c1-10(2,3)8(11)7-9(12)13(4,5)6/h8-9,11-12H,7H2,1-6H3. The minimum atomic E-state index is -1.51. The van der Waals surface area contributed by atoms with Gasteiger partial charge in [-0.1, -0.05) is 40.4 Å². The van der Waals surface area contributed by atoms with Gasteiger partial charge in [-0.2, -0.15) is 0 Å². The Labute approximate surface area is 83.0 Å². The third kappa shape index (κ3) is 4.79. The van der Waals surface area contributed by atoms with Crippen LogP contribution in [0.2, 0.25) is 19.6 Å². The molecule has 0 saturated carbocycles. The van der Waals surface area contributed by atoms with E-state index in [2.05, 4.69) is 19.6 Å². The fourth-order valence-electron chi connectivity index (χ4n) is 0.919. The molecule has 0 aliphatic carbocycles. The van der Waals surface area contributed by atoms with Gasteiger partial charge in [0.05, 0.1) is 14.2 Å². The van der Waals surface area contributed by atoms with Crippen molar-refractivity contribution in [3.05, 3.63) is 0 Å². The molecule has 0 heterocycles. The van der Waals surface area contributed by atoms with Gasteiger partial charge in [0.1, 0.15) is 0 Å². The summed E-state index contributed by atoms with van der Waals surface area (Å²) in [5.41, 5.74) is -0.428. The maximum Gasteiger partial charge on any atom is 0.0782 e. The highest BCUT2D eigenvalue weighted by molar-refractivity contribution is 6.77. The smallest absolute Gasteiger partial charge is 0.0782 e. The Morgan fingerprint density at radius 2 is 1.46 bits per heavy atom. The normalized spacial score (nSPS) is 18.5. The first kappa shape index (κ1) is 13.1. The van der Waals surface area contributed by atoms with E-state index >= 15 is 0 Å². The molecule has 2 nitrogen and oxygen atoms in total. The Bertz CT molecular complexity index is 137. The van der Waals surface area contributed by atoms with Crippen molar-refractivity contribution in [2.24, 2.45) is 5.41 Å². The van der Waals surface area contributed by atoms with Gasteiger partial charge >= 0.3 is 0 Å². The molecule has 0 aromatic rings. The highest BCUT2D eigenvalue weighted by atomic mass is 28.3. The number of aliphatic hydroxyl groups is 2. The Morgan fingerprint density at radius 3 is 1.69 bits per heavy atom. The minimum Gasteiger partial charge on any atom is -0.396 e. The second-order valence-electron chi connectivity index (χ2n) is 6.00. The Balaban J connectivity index is 4.15. The van der Waals surface area contributed by atoms with E-state index in [4.69, 9.17) is 0 Å². The van der Waals surface area contributed by atoms with Gasteiger partial charge in [-0.3, -0.25) is 0 Å². The van der Waals surface area contributed by atoms with Crippen LogP contribution in [0.1, 0.15) is 27.2 Å². The molecular formula is C10H24O2Si. The van der Waals surface area contributed by atoms with Crippen molar-refractivity contribution in [1.82, 2.24) is 0 Å². The van der Waals surface area contributed by atoms with Crippen molar-refractivity contribution in [3.63, 3.8) is 0 Å². The summed E-state index contributed by atoms with van der Waals surface area (Å²) in [5, 5.41) is 19.6. The van der Waals surface area contributed by atoms with Crippen LogP contribution in [0.3, 0.4) is 0 Å². The molecule has 0 saturated heterocycles. The van der Waals surface area contributed by atoms with Crippen molar-refractivity contribution in [3.8, 4) is 0 Å². The lowest BCUT2D eigenvalue weighted by Gasteiger charge is -2.31. The molecule has 0 amide bonds. The summed E-state index contributed by atoms with van der Waals surface area (Å²) in [6, 6.07) is 0. The van der Waals surface area contributed by atoms with Gasteiger partial charge in [-0.25, -0.2) is 0 Å². The Kier molecular flexibility index (Phi) is 4.15. The van der Waals surface area contributed by atoms with Gasteiger partial charge in [-0.15, -0.1) is 0 Å². The van der Waals surface area contributed by atoms with Crippen LogP contribution in [0.25, 0.3) is 0 Å². The lowest BCUT2D eigenvalue weighted by atomic mass is 9.87. The van der Waals surface area contributed by atoms with Crippen LogP contribution < -0.4 is 0 Å². The van der Waals surface area contributed by atoms with Crippen LogP contribution in [0.15, 0.2) is 0 Å². The molecule has 3 heteroatoms. The molecule has 80 valence electrons. The third-order valence-corrected chi connectivity index (χ3v) is 4.68. The molecule has 0 spiro atoms. The van der Waals surface area contributed by atoms with E-state index < -0.39 is 14.2 Å². The zero-order valence-corrected chi connectivity index (χ0v) is 10.8. The van der Waals surface area contributed by atoms with Crippen LogP contribution in [0.5, 0.6) is 0 Å². The predicted molar refractivity (Wildman–Crippen MR) is 59.4 cm³/mol. The summed E-state index contributed by atoms with van der Waals surface area (Å²) in [5.74, 6) is 0. The first-order valence-corrected chi connectivity index (χ1v) is 8.49. The van der Waals surface area contributed by atoms with Crippen molar-refractivity contribution in [1.29, 1.82) is 0 Å². The van der Waals surface area contributed by atoms with Crippen LogP contribution in [-0.4, -0.2) is 30.1 Å². The molecule has 0 aromatic carbocycles. The van der Waals surface area contributed by atoms with E-state index in [1.807, 2.05) is 20.8 Å². The molecule has 0 fully saturated rings. The number of hydrogen-bond acceptors (Lipinski definition) is 2. The van der Waals surface area contributed by atoms with Gasteiger partial charge in [-0.05, 0) is 11.8 Å². The highest BCUT2D eigenvalue weighted by Gasteiger charge is 2.31. The zero-order valence-electron chi connectivity index (χ0n) is 9.76. The summed E-state index contributed by atoms with van der Waals surface area (Å²) in [6.07, 6.45) is 0.105. The van der Waals surface area contributed by atoms with E-state index in [9.17, 15) is 10.2 Å². The van der Waals surface area contributed by atoms with Crippen molar-refractivity contribution >= 4 is 8.07 Å². The Hall–Kier alpha value is 0.137. The second kappa shape index (κ2) is 4.11. The van der Waals surface area contributed by atoms with Crippen LogP contribution in [0, 0.1) is 5.41 Å². The van der Waals surface area contributed by atoms with Crippen molar-refractivity contribution < 1.29 is 10.2 Å². The summed E-state index contributed by atoms with van der Waals surface area (Å²) in [7, 11) is -1.51. The topological polar surface area (TPSA) is 40.5 Å². The number of rotatable bonds is 3. The van der Waals surface area contributed by atoms with Gasteiger partial charge in [0.25, 0.3) is 0 Å². The maximum absolute atomic E-state index is 9.82. The first-order chi connectivity index (χ1) is 5.55. The van der Waals surface area contributed by atoms with Crippen molar-refractivity contribution in [2.45, 2.75) is 58.7 Å². The number of aliphatic hydroxyl groups excluding tert-OH is 2. The molecule has 0 radical (unpaired) electrons. The van der Waals surface area contributed by atoms with Gasteiger partial charge in [0.2, 0.25) is 0 Å². The van der Waals surface area contributed by atoms with Crippen LogP contribution >= 0.6 is 0 Å². The molecule has 0 aliphatic rings. The molecular weight excluding hydrogens is 180 g/mol. The monoisotopic (exact) mass is 204 g/mol. The lowest BCUT2D eigenvalue weighted by molar-refractivity contribution is 0.0303. The van der Waals surface area contributed by atoms with Crippen LogP contribution in [0.4, 0.5) is 0 Å². The molecule has 0 bridgehead atoms. The summed E-state index contributed by atoms with van der Waals surface area (Å²) >= 11 is 0. The van der Waals surface area contributed by atoms with Gasteiger partial charge in [0.15, 0.2) is 0 Å². The average molecular weight is 204 g/mol. The quantitative estimate of drug-likeness (QED) is 0.691. The maximum atomic E-state index is 9.82. The van der Waals surface area contributed by atoms with E-state index in [0.29, 0.717) is 6.42 Å². The molecule has 0 aromatic heterocycles. The van der Waals surface area contributed by atoms with Crippen molar-refractivity contribution in [2.75, 3.05) is 0 Å². The predicted octanol–water partition coefficient (Wildman–Crippen LogP) is 2.02. The summed E-state index contributed by atoms with van der Waals surface area (Å²) < 4.78 is 0. The third-order valence-electron chi connectivity index (χ3n) is 2.45. The zero-order chi connectivity index (χ0) is 10.9. The minimum absolute atomic E-state index is 0.124. The van der Waals surface area contributed by atoms with Gasteiger partial charge in [0, 0.05) is 5.73 Å².